The Labute approximate surface area is 164 Å². The lowest BCUT2D eigenvalue weighted by Gasteiger charge is -2.34. The predicted octanol–water partition coefficient (Wildman–Crippen LogP) is 2.96. The highest BCUT2D eigenvalue weighted by Gasteiger charge is 2.27. The number of piperazine rings is 1. The molecule has 0 unspecified atom stereocenters. The number of carbonyl (C=O) groups excluding carboxylic acids is 1. The fourth-order valence-corrected chi connectivity index (χ4v) is 3.33. The first kappa shape index (κ1) is 18.2. The van der Waals surface area contributed by atoms with E-state index < -0.39 is 0 Å². The lowest BCUT2D eigenvalue weighted by molar-refractivity contribution is 0.0711. The summed E-state index contributed by atoms with van der Waals surface area (Å²) in [4.78, 5) is 30.1. The summed E-state index contributed by atoms with van der Waals surface area (Å²) >= 11 is 0. The van der Waals surface area contributed by atoms with Gasteiger partial charge in [-0.05, 0) is 13.0 Å². The highest BCUT2D eigenvalue weighted by Crippen LogP contribution is 2.20. The van der Waals surface area contributed by atoms with Crippen LogP contribution < -0.4 is 4.90 Å². The van der Waals surface area contributed by atoms with Crippen LogP contribution in [-0.4, -0.2) is 51.9 Å². The first-order valence-electron chi connectivity index (χ1n) is 9.54. The molecule has 0 radical (unpaired) electrons. The van der Waals surface area contributed by atoms with Gasteiger partial charge >= 0.3 is 0 Å². The molecule has 0 spiro atoms. The number of hydrogen-bond donors (Lipinski definition) is 0. The maximum atomic E-state index is 12.8. The molecule has 4 rings (SSSR count). The van der Waals surface area contributed by atoms with Gasteiger partial charge in [-0.1, -0.05) is 37.3 Å². The van der Waals surface area contributed by atoms with E-state index in [9.17, 15) is 4.79 Å². The van der Waals surface area contributed by atoms with Crippen molar-refractivity contribution >= 4 is 11.9 Å². The lowest BCUT2D eigenvalue weighted by atomic mass is 10.1. The summed E-state index contributed by atoms with van der Waals surface area (Å²) in [7, 11) is 0. The molecule has 144 valence electrons. The van der Waals surface area contributed by atoms with E-state index in [-0.39, 0.29) is 5.91 Å². The second-order valence-electron chi connectivity index (χ2n) is 6.76. The fourth-order valence-electron chi connectivity index (χ4n) is 3.33. The molecule has 1 aliphatic heterocycles. The van der Waals surface area contributed by atoms with Gasteiger partial charge in [0.05, 0.1) is 11.4 Å². The number of nitrogens with zero attached hydrogens (tertiary/aromatic N) is 5. The number of hydrogen-bond acceptors (Lipinski definition) is 6. The van der Waals surface area contributed by atoms with Crippen LogP contribution in [0, 0.1) is 6.92 Å². The molecular weight excluding hydrogens is 354 g/mol. The number of benzene rings is 1. The molecule has 28 heavy (non-hydrogen) atoms. The Balaban J connectivity index is 1.44. The van der Waals surface area contributed by atoms with E-state index in [2.05, 4.69) is 14.9 Å². The average Bonchev–Trinajstić information content (AvgIpc) is 3.15. The van der Waals surface area contributed by atoms with Crippen molar-refractivity contribution < 1.29 is 9.21 Å². The Hall–Kier alpha value is -3.22. The molecule has 1 fully saturated rings. The summed E-state index contributed by atoms with van der Waals surface area (Å²) in [5.41, 5.74) is 2.61. The summed E-state index contributed by atoms with van der Waals surface area (Å²) in [5.74, 6) is 1.55. The van der Waals surface area contributed by atoms with Crippen molar-refractivity contribution in [3.05, 3.63) is 59.9 Å². The Morgan fingerprint density at radius 3 is 2.50 bits per heavy atom. The predicted molar refractivity (Wildman–Crippen MR) is 106 cm³/mol. The highest BCUT2D eigenvalue weighted by atomic mass is 16.4. The van der Waals surface area contributed by atoms with Gasteiger partial charge in [-0.25, -0.2) is 15.0 Å². The zero-order valence-electron chi connectivity index (χ0n) is 16.1. The Bertz CT molecular complexity index is 962. The molecule has 1 amide bonds. The van der Waals surface area contributed by atoms with Gasteiger partial charge in [-0.2, -0.15) is 0 Å². The molecule has 1 aliphatic rings. The number of oxazole rings is 1. The van der Waals surface area contributed by atoms with Crippen molar-refractivity contribution in [1.82, 2.24) is 19.9 Å². The molecule has 0 aliphatic carbocycles. The van der Waals surface area contributed by atoms with Crippen LogP contribution in [0.25, 0.3) is 11.3 Å². The topological polar surface area (TPSA) is 75.4 Å². The van der Waals surface area contributed by atoms with Crippen LogP contribution in [0.5, 0.6) is 0 Å². The van der Waals surface area contributed by atoms with Crippen molar-refractivity contribution in [2.45, 2.75) is 20.3 Å². The Morgan fingerprint density at radius 2 is 1.82 bits per heavy atom. The van der Waals surface area contributed by atoms with E-state index in [1.165, 1.54) is 0 Å². The molecule has 0 bridgehead atoms. The van der Waals surface area contributed by atoms with Gasteiger partial charge in [-0.15, -0.1) is 0 Å². The van der Waals surface area contributed by atoms with Gasteiger partial charge in [0.25, 0.3) is 5.91 Å². The molecule has 3 heterocycles. The van der Waals surface area contributed by atoms with Crippen LogP contribution in [0.3, 0.4) is 0 Å². The van der Waals surface area contributed by atoms with Crippen LogP contribution >= 0.6 is 0 Å². The SMILES string of the molecule is CCc1nc(C)c(C(=O)N2CCN(c3nccc(-c4ccccc4)n3)CC2)o1. The van der Waals surface area contributed by atoms with Crippen LogP contribution in [0.15, 0.2) is 47.0 Å². The van der Waals surface area contributed by atoms with Crippen molar-refractivity contribution in [1.29, 1.82) is 0 Å². The van der Waals surface area contributed by atoms with E-state index in [0.29, 0.717) is 55.9 Å². The van der Waals surface area contributed by atoms with E-state index in [1.807, 2.05) is 55.1 Å². The standard InChI is InChI=1S/C21H23N5O2/c1-3-18-23-15(2)19(28-18)20(27)25-11-13-26(14-12-25)21-22-10-9-17(24-21)16-7-5-4-6-8-16/h4-10H,3,11-14H2,1-2H3. The number of carbonyl (C=O) groups is 1. The molecule has 0 atom stereocenters. The average molecular weight is 377 g/mol. The van der Waals surface area contributed by atoms with Gasteiger partial charge < -0.3 is 14.2 Å². The smallest absolute Gasteiger partial charge is 0.291 e. The summed E-state index contributed by atoms with van der Waals surface area (Å²) in [6.45, 7) is 6.32. The number of anilines is 1. The minimum absolute atomic E-state index is 0.0942. The number of aryl methyl sites for hydroxylation is 2. The summed E-state index contributed by atoms with van der Waals surface area (Å²) in [6, 6.07) is 12.0. The minimum atomic E-state index is -0.0942. The third-order valence-electron chi connectivity index (χ3n) is 4.90. The zero-order valence-corrected chi connectivity index (χ0v) is 16.1. The van der Waals surface area contributed by atoms with Gasteiger partial charge in [0.2, 0.25) is 11.7 Å². The van der Waals surface area contributed by atoms with Crippen LogP contribution in [0.4, 0.5) is 5.95 Å². The maximum Gasteiger partial charge on any atom is 0.291 e. The normalized spacial score (nSPS) is 14.4. The fraction of sp³-hybridized carbons (Fsp3) is 0.333. The Kier molecular flexibility index (Phi) is 5.06. The second-order valence-corrected chi connectivity index (χ2v) is 6.76. The van der Waals surface area contributed by atoms with E-state index in [4.69, 9.17) is 9.40 Å². The zero-order chi connectivity index (χ0) is 19.5. The second kappa shape index (κ2) is 7.80. The minimum Gasteiger partial charge on any atom is -0.435 e. The van der Waals surface area contributed by atoms with Crippen molar-refractivity contribution in [3.63, 3.8) is 0 Å². The summed E-state index contributed by atoms with van der Waals surface area (Å²) in [5, 5.41) is 0. The van der Waals surface area contributed by atoms with Crippen molar-refractivity contribution in [2.75, 3.05) is 31.1 Å². The van der Waals surface area contributed by atoms with Crippen LogP contribution in [0.1, 0.15) is 29.1 Å². The molecule has 2 aromatic heterocycles. The van der Waals surface area contributed by atoms with Crippen molar-refractivity contribution in [3.8, 4) is 11.3 Å². The molecule has 0 N–H and O–H groups in total. The number of amides is 1. The van der Waals surface area contributed by atoms with Gasteiger partial charge in [0.15, 0.2) is 5.89 Å². The van der Waals surface area contributed by atoms with Gasteiger partial charge in [-0.3, -0.25) is 4.79 Å². The molecule has 7 heteroatoms. The molecule has 3 aromatic rings. The molecule has 1 aromatic carbocycles. The largest absolute Gasteiger partial charge is 0.435 e. The summed E-state index contributed by atoms with van der Waals surface area (Å²) < 4.78 is 5.61. The van der Waals surface area contributed by atoms with Crippen LogP contribution in [-0.2, 0) is 6.42 Å². The quantitative estimate of drug-likeness (QED) is 0.696. The monoisotopic (exact) mass is 377 g/mol. The molecule has 1 saturated heterocycles. The number of rotatable bonds is 4. The third-order valence-corrected chi connectivity index (χ3v) is 4.90. The Morgan fingerprint density at radius 1 is 1.07 bits per heavy atom. The highest BCUT2D eigenvalue weighted by molar-refractivity contribution is 5.92. The number of aromatic nitrogens is 3. The van der Waals surface area contributed by atoms with E-state index in [1.54, 1.807) is 6.20 Å². The maximum absolute atomic E-state index is 12.8. The van der Waals surface area contributed by atoms with Crippen molar-refractivity contribution in [2.24, 2.45) is 0 Å². The summed E-state index contributed by atoms with van der Waals surface area (Å²) in [6.07, 6.45) is 2.46. The van der Waals surface area contributed by atoms with Gasteiger partial charge in [0, 0.05) is 44.4 Å². The molecular formula is C21H23N5O2. The van der Waals surface area contributed by atoms with E-state index in [0.717, 1.165) is 11.3 Å². The first-order chi connectivity index (χ1) is 13.7. The molecule has 0 saturated carbocycles. The van der Waals surface area contributed by atoms with Gasteiger partial charge in [0.1, 0.15) is 0 Å². The molecule has 7 nitrogen and oxygen atoms in total. The third kappa shape index (κ3) is 3.60. The van der Waals surface area contributed by atoms with Crippen LogP contribution in [0.2, 0.25) is 0 Å². The first-order valence-corrected chi connectivity index (χ1v) is 9.54. The van der Waals surface area contributed by atoms with E-state index >= 15 is 0 Å². The lowest BCUT2D eigenvalue weighted by Crippen LogP contribution is -2.49.